The van der Waals surface area contributed by atoms with E-state index in [-0.39, 0.29) is 17.8 Å². The minimum Gasteiger partial charge on any atom is -0.334 e. The van der Waals surface area contributed by atoms with Crippen LogP contribution >= 0.6 is 0 Å². The summed E-state index contributed by atoms with van der Waals surface area (Å²) in [5.41, 5.74) is 3.60. The second-order valence-corrected chi connectivity index (χ2v) is 7.14. The van der Waals surface area contributed by atoms with E-state index in [1.54, 1.807) is 18.5 Å². The first-order chi connectivity index (χ1) is 13.7. The number of nitrogens with zero attached hydrogens (tertiary/aromatic N) is 3. The summed E-state index contributed by atoms with van der Waals surface area (Å²) >= 11 is 0. The zero-order valence-electron chi connectivity index (χ0n) is 15.6. The molecule has 1 aromatic carbocycles. The lowest BCUT2D eigenvalue weighted by atomic mass is 10.1. The summed E-state index contributed by atoms with van der Waals surface area (Å²) in [7, 11) is 0. The zero-order valence-corrected chi connectivity index (χ0v) is 15.6. The van der Waals surface area contributed by atoms with Crippen LogP contribution in [0.25, 0.3) is 0 Å². The topological polar surface area (TPSA) is 46.1 Å². The Morgan fingerprint density at radius 2 is 1.96 bits per heavy atom. The maximum atomic E-state index is 13.4. The van der Waals surface area contributed by atoms with Gasteiger partial charge in [-0.05, 0) is 54.3 Å². The predicted molar refractivity (Wildman–Crippen MR) is 105 cm³/mol. The molecule has 2 aromatic heterocycles. The molecule has 4 rings (SSSR count). The minimum absolute atomic E-state index is 0.00312. The Labute approximate surface area is 164 Å². The molecular formula is C23H22FN3O. The van der Waals surface area contributed by atoms with Gasteiger partial charge in [0.05, 0.1) is 18.2 Å². The van der Waals surface area contributed by atoms with Crippen LogP contribution < -0.4 is 0 Å². The molecule has 1 unspecified atom stereocenters. The highest BCUT2D eigenvalue weighted by Crippen LogP contribution is 2.31. The Bertz CT molecular complexity index is 961. The highest BCUT2D eigenvalue weighted by molar-refractivity contribution is 5.79. The van der Waals surface area contributed by atoms with E-state index in [9.17, 15) is 9.18 Å². The van der Waals surface area contributed by atoms with Crippen LogP contribution in [0.2, 0.25) is 0 Å². The van der Waals surface area contributed by atoms with Gasteiger partial charge in [0.2, 0.25) is 5.91 Å². The van der Waals surface area contributed by atoms with Gasteiger partial charge in [-0.25, -0.2) is 4.39 Å². The number of carbonyl (C=O) groups excluding carboxylic acids is 1. The van der Waals surface area contributed by atoms with Gasteiger partial charge in [0, 0.05) is 31.1 Å². The van der Waals surface area contributed by atoms with E-state index in [4.69, 9.17) is 4.98 Å². The van der Waals surface area contributed by atoms with Gasteiger partial charge in [-0.15, -0.1) is 0 Å². The number of amides is 1. The fraction of sp³-hybridized carbons (Fsp3) is 0.261. The smallest absolute Gasteiger partial charge is 0.227 e. The highest BCUT2D eigenvalue weighted by atomic mass is 19.1. The maximum Gasteiger partial charge on any atom is 0.227 e. The quantitative estimate of drug-likeness (QED) is 0.674. The van der Waals surface area contributed by atoms with E-state index in [0.717, 1.165) is 41.9 Å². The molecule has 5 heteroatoms. The highest BCUT2D eigenvalue weighted by Gasteiger charge is 2.30. The van der Waals surface area contributed by atoms with Gasteiger partial charge in [0.25, 0.3) is 0 Å². The summed E-state index contributed by atoms with van der Waals surface area (Å²) in [4.78, 5) is 23.7. The number of likely N-dealkylation sites (tertiary alicyclic amines) is 1. The lowest BCUT2D eigenvalue weighted by Gasteiger charge is -2.25. The van der Waals surface area contributed by atoms with Gasteiger partial charge < -0.3 is 4.90 Å². The van der Waals surface area contributed by atoms with Crippen molar-refractivity contribution < 1.29 is 9.18 Å². The minimum atomic E-state index is -0.239. The number of carbonyl (C=O) groups is 1. The molecule has 1 amide bonds. The average Bonchev–Trinajstić information content (AvgIpc) is 3.19. The SMILES string of the molecule is O=C(Cc1cccnc1)N1CCCC1c1cccc(Cc2cccc(F)c2)n1. The number of pyridine rings is 2. The molecule has 3 heterocycles. The zero-order chi connectivity index (χ0) is 19.3. The van der Waals surface area contributed by atoms with Crippen LogP contribution in [0.1, 0.15) is 41.4 Å². The van der Waals surface area contributed by atoms with Crippen molar-refractivity contribution in [1.29, 1.82) is 0 Å². The molecule has 0 bridgehead atoms. The van der Waals surface area contributed by atoms with Gasteiger partial charge in [-0.1, -0.05) is 24.3 Å². The average molecular weight is 375 g/mol. The van der Waals surface area contributed by atoms with Crippen molar-refractivity contribution in [2.45, 2.75) is 31.7 Å². The van der Waals surface area contributed by atoms with E-state index < -0.39 is 0 Å². The van der Waals surface area contributed by atoms with Crippen molar-refractivity contribution in [2.24, 2.45) is 0 Å². The third-order valence-electron chi connectivity index (χ3n) is 5.10. The van der Waals surface area contributed by atoms with Crippen molar-refractivity contribution in [3.8, 4) is 0 Å². The van der Waals surface area contributed by atoms with E-state index >= 15 is 0 Å². The fourth-order valence-corrected chi connectivity index (χ4v) is 3.79. The molecule has 1 aliphatic heterocycles. The van der Waals surface area contributed by atoms with E-state index in [1.807, 2.05) is 41.3 Å². The van der Waals surface area contributed by atoms with Crippen molar-refractivity contribution >= 4 is 5.91 Å². The Morgan fingerprint density at radius 1 is 1.11 bits per heavy atom. The van der Waals surface area contributed by atoms with Crippen LogP contribution in [-0.4, -0.2) is 27.3 Å². The molecule has 1 fully saturated rings. The Kier molecular flexibility index (Phi) is 5.42. The molecule has 28 heavy (non-hydrogen) atoms. The van der Waals surface area contributed by atoms with Crippen LogP contribution in [0, 0.1) is 5.82 Å². The Hall–Kier alpha value is -3.08. The molecular weight excluding hydrogens is 353 g/mol. The summed E-state index contributed by atoms with van der Waals surface area (Å²) in [6, 6.07) is 16.3. The number of hydrogen-bond acceptors (Lipinski definition) is 3. The maximum absolute atomic E-state index is 13.4. The molecule has 0 spiro atoms. The number of aromatic nitrogens is 2. The van der Waals surface area contributed by atoms with Gasteiger partial charge in [0.1, 0.15) is 5.82 Å². The number of hydrogen-bond donors (Lipinski definition) is 0. The van der Waals surface area contributed by atoms with Crippen LogP contribution in [-0.2, 0) is 17.6 Å². The molecule has 1 aliphatic rings. The molecule has 1 saturated heterocycles. The van der Waals surface area contributed by atoms with Gasteiger partial charge in [0.15, 0.2) is 0 Å². The van der Waals surface area contributed by atoms with Crippen molar-refractivity contribution in [3.05, 3.63) is 95.3 Å². The lowest BCUT2D eigenvalue weighted by Crippen LogP contribution is -2.32. The third kappa shape index (κ3) is 4.25. The first kappa shape index (κ1) is 18.3. The van der Waals surface area contributed by atoms with Crippen molar-refractivity contribution in [1.82, 2.24) is 14.9 Å². The molecule has 0 N–H and O–H groups in total. The van der Waals surface area contributed by atoms with Crippen molar-refractivity contribution in [2.75, 3.05) is 6.54 Å². The predicted octanol–water partition coefficient (Wildman–Crippen LogP) is 4.11. The molecule has 142 valence electrons. The summed E-state index contributed by atoms with van der Waals surface area (Å²) in [6.45, 7) is 0.750. The fourth-order valence-electron chi connectivity index (χ4n) is 3.79. The molecule has 0 saturated carbocycles. The summed E-state index contributed by atoms with van der Waals surface area (Å²) in [5, 5.41) is 0. The van der Waals surface area contributed by atoms with Crippen LogP contribution in [0.5, 0.6) is 0 Å². The Morgan fingerprint density at radius 3 is 2.79 bits per heavy atom. The normalized spacial score (nSPS) is 16.3. The lowest BCUT2D eigenvalue weighted by molar-refractivity contribution is -0.131. The third-order valence-corrected chi connectivity index (χ3v) is 5.10. The Balaban J connectivity index is 1.50. The molecule has 0 radical (unpaired) electrons. The summed E-state index contributed by atoms with van der Waals surface area (Å²) in [5.74, 6) is -0.135. The molecule has 1 atom stereocenters. The molecule has 4 nitrogen and oxygen atoms in total. The van der Waals surface area contributed by atoms with E-state index in [1.165, 1.54) is 12.1 Å². The molecule has 3 aromatic rings. The second-order valence-electron chi connectivity index (χ2n) is 7.14. The number of benzene rings is 1. The largest absolute Gasteiger partial charge is 0.334 e. The van der Waals surface area contributed by atoms with Gasteiger partial charge in [-0.2, -0.15) is 0 Å². The van der Waals surface area contributed by atoms with Crippen LogP contribution in [0.4, 0.5) is 4.39 Å². The summed E-state index contributed by atoms with van der Waals surface area (Å²) < 4.78 is 13.4. The van der Waals surface area contributed by atoms with Crippen LogP contribution in [0.15, 0.2) is 67.0 Å². The van der Waals surface area contributed by atoms with Gasteiger partial charge in [-0.3, -0.25) is 14.8 Å². The first-order valence-electron chi connectivity index (χ1n) is 9.58. The van der Waals surface area contributed by atoms with E-state index in [2.05, 4.69) is 4.98 Å². The number of halogens is 1. The monoisotopic (exact) mass is 375 g/mol. The standard InChI is InChI=1S/C23H22FN3O/c24-19-7-1-5-17(13-19)14-20-8-2-9-21(26-20)22-10-4-12-27(22)23(28)15-18-6-3-11-25-16-18/h1-3,5-9,11,13,16,22H,4,10,12,14-15H2. The first-order valence-corrected chi connectivity index (χ1v) is 9.58. The van der Waals surface area contributed by atoms with E-state index in [0.29, 0.717) is 12.8 Å². The second kappa shape index (κ2) is 8.30. The number of rotatable bonds is 5. The van der Waals surface area contributed by atoms with Crippen LogP contribution in [0.3, 0.4) is 0 Å². The van der Waals surface area contributed by atoms with Crippen molar-refractivity contribution in [3.63, 3.8) is 0 Å². The molecule has 0 aliphatic carbocycles. The summed E-state index contributed by atoms with van der Waals surface area (Å²) in [6.07, 6.45) is 6.26. The van der Waals surface area contributed by atoms with Gasteiger partial charge >= 0.3 is 0 Å².